The van der Waals surface area contributed by atoms with Crippen molar-refractivity contribution in [2.45, 2.75) is 12.8 Å². The van der Waals surface area contributed by atoms with Crippen LogP contribution >= 0.6 is 0 Å². The fraction of sp³-hybridized carbons (Fsp3) is 0.290. The Balaban J connectivity index is 1.21. The molecule has 2 heterocycles. The van der Waals surface area contributed by atoms with E-state index in [1.165, 1.54) is 0 Å². The average Bonchev–Trinajstić information content (AvgIpc) is 3.56. The number of nitrogens with zero attached hydrogens (tertiary/aromatic N) is 3. The number of amides is 2. The Bertz CT molecular complexity index is 1460. The van der Waals surface area contributed by atoms with Crippen molar-refractivity contribution in [3.63, 3.8) is 0 Å². The van der Waals surface area contributed by atoms with Crippen LogP contribution in [0.2, 0.25) is 0 Å². The normalized spacial score (nSPS) is 13.5. The van der Waals surface area contributed by atoms with Crippen LogP contribution in [0.1, 0.15) is 43.0 Å². The van der Waals surface area contributed by atoms with Crippen molar-refractivity contribution in [2.75, 3.05) is 47.3 Å². The molecule has 0 atom stereocenters. The fourth-order valence-corrected chi connectivity index (χ4v) is 4.77. The molecule has 0 radical (unpaired) electrons. The number of likely N-dealkylation sites (N-methyl/N-ethyl adjacent to an activating group) is 2. The summed E-state index contributed by atoms with van der Waals surface area (Å²) in [5.41, 5.74) is 9.38. The second-order valence-corrected chi connectivity index (χ2v) is 10.2. The Hall–Kier alpha value is -4.14. The molecular formula is C31H34N6O2. The molecule has 0 aromatic heterocycles. The maximum atomic E-state index is 12.5. The van der Waals surface area contributed by atoms with E-state index < -0.39 is 0 Å². The first-order valence-electron chi connectivity index (χ1n) is 13.3. The minimum atomic E-state index is -0.0683. The molecule has 8 nitrogen and oxygen atoms in total. The van der Waals surface area contributed by atoms with Gasteiger partial charge in [-0.1, -0.05) is 24.3 Å². The van der Waals surface area contributed by atoms with E-state index in [0.717, 1.165) is 58.1 Å². The molecule has 0 saturated heterocycles. The summed E-state index contributed by atoms with van der Waals surface area (Å²) in [6.45, 7) is 2.73. The molecule has 8 heteroatoms. The summed E-state index contributed by atoms with van der Waals surface area (Å²) in [5.74, 6) is -0.126. The standard InChI is InChI=1S/C31H34N6O2/c1-32-12-13-33-30(38)22-8-10-26-24(16-22)18-28(35-26)20-4-6-21(7-5-20)29-19-25-17-23(9-11-27(25)36-29)31(39)34-14-15-37(2)3/h4-11,16-17,32H,12-15,18-19H2,1-3H3,(H,33,38)(H,34,39). The molecule has 3 N–H and O–H groups in total. The van der Waals surface area contributed by atoms with Crippen LogP contribution in [0, 0.1) is 0 Å². The number of carbonyl (C=O) groups is 2. The van der Waals surface area contributed by atoms with E-state index in [4.69, 9.17) is 9.98 Å². The van der Waals surface area contributed by atoms with E-state index >= 15 is 0 Å². The minimum Gasteiger partial charge on any atom is -0.351 e. The van der Waals surface area contributed by atoms with E-state index in [2.05, 4.69) is 40.2 Å². The molecule has 0 fully saturated rings. The molecule has 0 bridgehead atoms. The summed E-state index contributed by atoms with van der Waals surface area (Å²) in [6.07, 6.45) is 1.39. The maximum absolute atomic E-state index is 12.5. The molecule has 3 aromatic rings. The first-order valence-corrected chi connectivity index (χ1v) is 13.3. The molecule has 2 amide bonds. The Labute approximate surface area is 229 Å². The quantitative estimate of drug-likeness (QED) is 0.356. The maximum Gasteiger partial charge on any atom is 0.251 e. The van der Waals surface area contributed by atoms with Crippen molar-refractivity contribution in [3.05, 3.63) is 94.0 Å². The zero-order valence-corrected chi connectivity index (χ0v) is 22.7. The van der Waals surface area contributed by atoms with Crippen LogP contribution in [0.4, 0.5) is 11.4 Å². The van der Waals surface area contributed by atoms with Crippen molar-refractivity contribution in [3.8, 4) is 0 Å². The number of nitrogens with one attached hydrogen (secondary N) is 3. The molecular weight excluding hydrogens is 488 g/mol. The van der Waals surface area contributed by atoms with Crippen LogP contribution < -0.4 is 16.0 Å². The third kappa shape index (κ3) is 6.13. The highest BCUT2D eigenvalue weighted by atomic mass is 16.2. The Morgan fingerprint density at radius 2 is 1.21 bits per heavy atom. The van der Waals surface area contributed by atoms with E-state index in [-0.39, 0.29) is 11.8 Å². The number of fused-ring (bicyclic) bond motifs is 2. The van der Waals surface area contributed by atoms with Crippen LogP contribution in [0.3, 0.4) is 0 Å². The summed E-state index contributed by atoms with van der Waals surface area (Å²) >= 11 is 0. The first kappa shape index (κ1) is 26.5. The highest BCUT2D eigenvalue weighted by molar-refractivity contribution is 6.10. The molecule has 3 aromatic carbocycles. The lowest BCUT2D eigenvalue weighted by atomic mass is 9.98. The monoisotopic (exact) mass is 522 g/mol. The van der Waals surface area contributed by atoms with Gasteiger partial charge in [-0.25, -0.2) is 0 Å². The van der Waals surface area contributed by atoms with Gasteiger partial charge in [-0.15, -0.1) is 0 Å². The Morgan fingerprint density at radius 1 is 0.718 bits per heavy atom. The molecule has 2 aliphatic rings. The van der Waals surface area contributed by atoms with Gasteiger partial charge in [-0.3, -0.25) is 19.6 Å². The predicted octanol–water partition coefficient (Wildman–Crippen LogP) is 3.28. The summed E-state index contributed by atoms with van der Waals surface area (Å²) in [7, 11) is 5.83. The van der Waals surface area contributed by atoms with Crippen LogP contribution in [0.15, 0.2) is 70.6 Å². The lowest BCUT2D eigenvalue weighted by molar-refractivity contribution is 0.0944. The second kappa shape index (κ2) is 11.7. The van der Waals surface area contributed by atoms with Gasteiger partial charge in [0.25, 0.3) is 11.8 Å². The third-order valence-electron chi connectivity index (χ3n) is 6.97. The topological polar surface area (TPSA) is 98.2 Å². The van der Waals surface area contributed by atoms with E-state index in [1.54, 1.807) is 0 Å². The number of hydrogen-bond acceptors (Lipinski definition) is 6. The number of aliphatic imine (C=N–C) groups is 2. The van der Waals surface area contributed by atoms with Gasteiger partial charge in [0.1, 0.15) is 0 Å². The largest absolute Gasteiger partial charge is 0.351 e. The minimum absolute atomic E-state index is 0.0580. The lowest BCUT2D eigenvalue weighted by Gasteiger charge is -2.10. The molecule has 39 heavy (non-hydrogen) atoms. The van der Waals surface area contributed by atoms with Crippen molar-refractivity contribution >= 4 is 34.6 Å². The molecule has 0 spiro atoms. The lowest BCUT2D eigenvalue weighted by Crippen LogP contribution is -2.31. The summed E-state index contributed by atoms with van der Waals surface area (Å²) < 4.78 is 0. The van der Waals surface area contributed by atoms with E-state index in [0.29, 0.717) is 37.1 Å². The smallest absolute Gasteiger partial charge is 0.251 e. The molecule has 200 valence electrons. The number of benzene rings is 3. The van der Waals surface area contributed by atoms with Crippen molar-refractivity contribution in [1.29, 1.82) is 0 Å². The zero-order valence-electron chi connectivity index (χ0n) is 22.7. The van der Waals surface area contributed by atoms with Crippen LogP contribution in [0.25, 0.3) is 0 Å². The molecule has 5 rings (SSSR count). The zero-order chi connectivity index (χ0) is 27.4. The van der Waals surface area contributed by atoms with Crippen LogP contribution in [-0.2, 0) is 12.8 Å². The van der Waals surface area contributed by atoms with Crippen molar-refractivity contribution in [1.82, 2.24) is 20.9 Å². The van der Waals surface area contributed by atoms with E-state index in [1.807, 2.05) is 62.4 Å². The van der Waals surface area contributed by atoms with Gasteiger partial charge in [-0.05, 0) is 79.8 Å². The Kier molecular flexibility index (Phi) is 7.95. The van der Waals surface area contributed by atoms with Gasteiger partial charge in [0, 0.05) is 50.1 Å². The number of hydrogen-bond donors (Lipinski definition) is 3. The summed E-state index contributed by atoms with van der Waals surface area (Å²) in [6, 6.07) is 19.7. The second-order valence-electron chi connectivity index (χ2n) is 10.2. The molecule has 0 aliphatic carbocycles. The van der Waals surface area contributed by atoms with Gasteiger partial charge in [0.2, 0.25) is 0 Å². The summed E-state index contributed by atoms with van der Waals surface area (Å²) in [5, 5.41) is 8.92. The third-order valence-corrected chi connectivity index (χ3v) is 6.97. The van der Waals surface area contributed by atoms with Gasteiger partial charge in [0.15, 0.2) is 0 Å². The highest BCUT2D eigenvalue weighted by Gasteiger charge is 2.21. The van der Waals surface area contributed by atoms with Gasteiger partial charge in [0.05, 0.1) is 22.8 Å². The fourth-order valence-electron chi connectivity index (χ4n) is 4.77. The number of rotatable bonds is 10. The van der Waals surface area contributed by atoms with Gasteiger partial charge in [-0.2, -0.15) is 0 Å². The van der Waals surface area contributed by atoms with Gasteiger partial charge < -0.3 is 20.9 Å². The van der Waals surface area contributed by atoms with Crippen molar-refractivity contribution < 1.29 is 9.59 Å². The summed E-state index contributed by atoms with van der Waals surface area (Å²) in [4.78, 5) is 36.6. The molecule has 0 unspecified atom stereocenters. The average molecular weight is 523 g/mol. The first-order chi connectivity index (χ1) is 18.9. The predicted molar refractivity (Wildman–Crippen MR) is 156 cm³/mol. The Morgan fingerprint density at radius 3 is 1.67 bits per heavy atom. The SMILES string of the molecule is CNCCNC(=O)c1ccc2c(c1)CC(c1ccc(C3=Nc4ccc(C(=O)NCCN(C)C)cc4C3)cc1)=N2. The molecule has 2 aliphatic heterocycles. The van der Waals surface area contributed by atoms with E-state index in [9.17, 15) is 9.59 Å². The number of carbonyl (C=O) groups excluding carboxylic acids is 2. The highest BCUT2D eigenvalue weighted by Crippen LogP contribution is 2.32. The van der Waals surface area contributed by atoms with Crippen LogP contribution in [-0.4, -0.2) is 75.5 Å². The molecule has 0 saturated carbocycles. The van der Waals surface area contributed by atoms with Crippen molar-refractivity contribution in [2.24, 2.45) is 9.98 Å². The van der Waals surface area contributed by atoms with Gasteiger partial charge >= 0.3 is 0 Å². The van der Waals surface area contributed by atoms with Crippen LogP contribution in [0.5, 0.6) is 0 Å².